The van der Waals surface area contributed by atoms with Crippen LogP contribution in [-0.4, -0.2) is 26.3 Å². The second kappa shape index (κ2) is 9.84. The lowest BCUT2D eigenvalue weighted by molar-refractivity contribution is 0.414. The lowest BCUT2D eigenvalue weighted by atomic mass is 9.86. The van der Waals surface area contributed by atoms with E-state index in [0.717, 1.165) is 50.6 Å². The molecule has 4 nitrogen and oxygen atoms in total. The van der Waals surface area contributed by atoms with E-state index in [9.17, 15) is 0 Å². The van der Waals surface area contributed by atoms with E-state index in [4.69, 9.17) is 14.2 Å². The van der Waals surface area contributed by atoms with E-state index in [0.29, 0.717) is 0 Å². The van der Waals surface area contributed by atoms with Gasteiger partial charge in [-0.15, -0.1) is 0 Å². The molecular weight excluding hydrogens is 398 g/mol. The zero-order chi connectivity index (χ0) is 22.3. The van der Waals surface area contributed by atoms with E-state index in [1.165, 1.54) is 0 Å². The van der Waals surface area contributed by atoms with Gasteiger partial charge in [0.2, 0.25) is 0 Å². The number of pyridine rings is 1. The highest BCUT2D eigenvalue weighted by molar-refractivity contribution is 6.04. The average Bonchev–Trinajstić information content (AvgIpc) is 2.88. The molecular formula is C28H25NO3. The van der Waals surface area contributed by atoms with Gasteiger partial charge in [0.25, 0.3) is 0 Å². The molecule has 0 fully saturated rings. The van der Waals surface area contributed by atoms with Gasteiger partial charge in [0.15, 0.2) is 0 Å². The Morgan fingerprint density at radius 2 is 0.719 bits per heavy atom. The summed E-state index contributed by atoms with van der Waals surface area (Å²) in [7, 11) is 5.03. The molecule has 1 aromatic heterocycles. The minimum absolute atomic E-state index is 0.817. The largest absolute Gasteiger partial charge is 0.497 e. The van der Waals surface area contributed by atoms with Gasteiger partial charge in [0.05, 0.1) is 21.3 Å². The second-order valence-corrected chi connectivity index (χ2v) is 7.17. The van der Waals surface area contributed by atoms with E-state index >= 15 is 0 Å². The van der Waals surface area contributed by atoms with Gasteiger partial charge < -0.3 is 14.2 Å². The highest BCUT2D eigenvalue weighted by Crippen LogP contribution is 2.38. The number of ether oxygens (including phenoxy) is 3. The van der Waals surface area contributed by atoms with Crippen molar-refractivity contribution in [2.75, 3.05) is 21.3 Å². The molecule has 0 bridgehead atoms. The van der Waals surface area contributed by atoms with Crippen LogP contribution < -0.4 is 14.2 Å². The summed E-state index contributed by atoms with van der Waals surface area (Å²) in [5.41, 5.74) is 6.53. The molecule has 0 amide bonds. The summed E-state index contributed by atoms with van der Waals surface area (Å²) in [6.07, 6.45) is 3.64. The van der Waals surface area contributed by atoms with Crippen molar-refractivity contribution in [3.8, 4) is 17.2 Å². The predicted molar refractivity (Wildman–Crippen MR) is 128 cm³/mol. The van der Waals surface area contributed by atoms with Crippen molar-refractivity contribution in [3.05, 3.63) is 120 Å². The Hall–Kier alpha value is -4.05. The molecule has 0 spiro atoms. The van der Waals surface area contributed by atoms with Gasteiger partial charge in [-0.05, 0) is 81.9 Å². The first-order valence-corrected chi connectivity index (χ1v) is 10.3. The highest BCUT2D eigenvalue weighted by Gasteiger charge is 2.17. The molecule has 4 heteroatoms. The topological polar surface area (TPSA) is 40.6 Å². The number of benzene rings is 3. The molecule has 0 aliphatic heterocycles. The number of nitrogens with zero attached hydrogens (tertiary/aromatic N) is 1. The summed E-state index contributed by atoms with van der Waals surface area (Å²) in [4.78, 5) is 4.22. The minimum atomic E-state index is 0.817. The van der Waals surface area contributed by atoms with Crippen molar-refractivity contribution in [2.45, 2.75) is 0 Å². The van der Waals surface area contributed by atoms with Crippen molar-refractivity contribution in [1.82, 2.24) is 4.98 Å². The van der Waals surface area contributed by atoms with Gasteiger partial charge in [-0.3, -0.25) is 4.98 Å². The number of rotatable bonds is 7. The molecule has 4 aromatic rings. The molecule has 0 radical (unpaired) electrons. The van der Waals surface area contributed by atoms with Crippen molar-refractivity contribution >= 4 is 11.1 Å². The maximum absolute atomic E-state index is 5.39. The molecule has 0 aliphatic carbocycles. The van der Waals surface area contributed by atoms with Crippen molar-refractivity contribution in [2.24, 2.45) is 0 Å². The van der Waals surface area contributed by atoms with E-state index < -0.39 is 0 Å². The highest BCUT2D eigenvalue weighted by atomic mass is 16.5. The van der Waals surface area contributed by atoms with Crippen LogP contribution >= 0.6 is 0 Å². The first-order chi connectivity index (χ1) is 15.7. The van der Waals surface area contributed by atoms with Crippen molar-refractivity contribution in [1.29, 1.82) is 0 Å². The maximum atomic E-state index is 5.39. The third-order valence-electron chi connectivity index (χ3n) is 5.36. The summed E-state index contributed by atoms with van der Waals surface area (Å²) < 4.78 is 16.2. The number of hydrogen-bond donors (Lipinski definition) is 0. The molecule has 3 aromatic carbocycles. The average molecular weight is 424 g/mol. The van der Waals surface area contributed by atoms with Crippen LogP contribution in [0.15, 0.2) is 97.3 Å². The predicted octanol–water partition coefficient (Wildman–Crippen LogP) is 6.11. The van der Waals surface area contributed by atoms with Crippen LogP contribution in [0.2, 0.25) is 0 Å². The van der Waals surface area contributed by atoms with Crippen LogP contribution in [0, 0.1) is 0 Å². The molecule has 0 saturated heterocycles. The first-order valence-electron chi connectivity index (χ1n) is 10.3. The molecule has 0 saturated carbocycles. The molecule has 0 N–H and O–H groups in total. The Bertz CT molecular complexity index is 1130. The Morgan fingerprint density at radius 3 is 1.00 bits per heavy atom. The zero-order valence-electron chi connectivity index (χ0n) is 18.4. The van der Waals surface area contributed by atoms with Gasteiger partial charge in [-0.1, -0.05) is 36.4 Å². The van der Waals surface area contributed by atoms with Gasteiger partial charge in [0.1, 0.15) is 17.2 Å². The van der Waals surface area contributed by atoms with Crippen molar-refractivity contribution < 1.29 is 14.2 Å². The Balaban J connectivity index is 2.02. The Morgan fingerprint density at radius 1 is 0.438 bits per heavy atom. The van der Waals surface area contributed by atoms with Gasteiger partial charge in [-0.25, -0.2) is 0 Å². The summed E-state index contributed by atoms with van der Waals surface area (Å²) >= 11 is 0. The fraction of sp³-hybridized carbons (Fsp3) is 0.107. The standard InChI is InChI=1S/C28H25NO3/c1-30-24-10-4-20(5-11-24)27(21-6-12-25(31-2)13-7-21)28(23-16-18-29-19-17-23)22-8-14-26(32-3)15-9-22/h4-19H,1-3H3. The van der Waals surface area contributed by atoms with E-state index in [2.05, 4.69) is 41.4 Å². The number of aromatic nitrogens is 1. The summed E-state index contributed by atoms with van der Waals surface area (Å²) in [5.74, 6) is 2.45. The summed E-state index contributed by atoms with van der Waals surface area (Å²) in [6.45, 7) is 0. The summed E-state index contributed by atoms with van der Waals surface area (Å²) in [6, 6.07) is 28.5. The van der Waals surface area contributed by atoms with Crippen molar-refractivity contribution in [3.63, 3.8) is 0 Å². The quantitative estimate of drug-likeness (QED) is 0.336. The minimum Gasteiger partial charge on any atom is -0.497 e. The van der Waals surface area contributed by atoms with Gasteiger partial charge >= 0.3 is 0 Å². The monoisotopic (exact) mass is 423 g/mol. The Labute approximate surface area is 188 Å². The fourth-order valence-electron chi connectivity index (χ4n) is 3.70. The van der Waals surface area contributed by atoms with Crippen LogP contribution in [0.1, 0.15) is 22.3 Å². The molecule has 1 heterocycles. The Kier molecular flexibility index (Phi) is 6.52. The lowest BCUT2D eigenvalue weighted by Gasteiger charge is -2.18. The smallest absolute Gasteiger partial charge is 0.118 e. The van der Waals surface area contributed by atoms with Gasteiger partial charge in [0, 0.05) is 12.4 Å². The fourth-order valence-corrected chi connectivity index (χ4v) is 3.70. The van der Waals surface area contributed by atoms with E-state index in [1.807, 2.05) is 60.9 Å². The van der Waals surface area contributed by atoms with Gasteiger partial charge in [-0.2, -0.15) is 0 Å². The molecule has 32 heavy (non-hydrogen) atoms. The van der Waals surface area contributed by atoms with Crippen LogP contribution in [0.25, 0.3) is 11.1 Å². The second-order valence-electron chi connectivity index (χ2n) is 7.17. The number of hydrogen-bond acceptors (Lipinski definition) is 4. The molecule has 0 aliphatic rings. The molecule has 4 rings (SSSR count). The number of methoxy groups -OCH3 is 3. The third kappa shape index (κ3) is 4.49. The van der Waals surface area contributed by atoms with Crippen LogP contribution in [-0.2, 0) is 0 Å². The normalized spacial score (nSPS) is 10.3. The first kappa shape index (κ1) is 21.2. The molecule has 160 valence electrons. The third-order valence-corrected chi connectivity index (χ3v) is 5.36. The zero-order valence-corrected chi connectivity index (χ0v) is 18.4. The van der Waals surface area contributed by atoms with E-state index in [1.54, 1.807) is 21.3 Å². The summed E-state index contributed by atoms with van der Waals surface area (Å²) in [5, 5.41) is 0. The maximum Gasteiger partial charge on any atom is 0.118 e. The van der Waals surface area contributed by atoms with Crippen LogP contribution in [0.5, 0.6) is 17.2 Å². The van der Waals surface area contributed by atoms with Crippen LogP contribution in [0.3, 0.4) is 0 Å². The molecule has 0 atom stereocenters. The van der Waals surface area contributed by atoms with E-state index in [-0.39, 0.29) is 0 Å². The molecule has 0 unspecified atom stereocenters. The lowest BCUT2D eigenvalue weighted by Crippen LogP contribution is -1.98. The SMILES string of the molecule is COc1ccc(C(=C(c2ccc(OC)cc2)c2ccc(OC)cc2)c2ccncc2)cc1. The van der Waals surface area contributed by atoms with Crippen LogP contribution in [0.4, 0.5) is 0 Å².